The number of likely N-dealkylation sites (tertiary alicyclic amines) is 1. The number of nitrogens with one attached hydrogen (secondary N) is 2. The van der Waals surface area contributed by atoms with Crippen molar-refractivity contribution < 1.29 is 4.79 Å². The molecule has 2 aromatic carbocycles. The van der Waals surface area contributed by atoms with Gasteiger partial charge in [-0.3, -0.25) is 9.59 Å². The summed E-state index contributed by atoms with van der Waals surface area (Å²) in [6.45, 7) is 1.24. The molecule has 1 aliphatic rings. The zero-order valence-electron chi connectivity index (χ0n) is 15.8. The van der Waals surface area contributed by atoms with Gasteiger partial charge in [0.1, 0.15) is 11.6 Å². The van der Waals surface area contributed by atoms with E-state index in [2.05, 4.69) is 15.3 Å². The zero-order chi connectivity index (χ0) is 20.4. The molecule has 1 saturated heterocycles. The van der Waals surface area contributed by atoms with Crippen molar-refractivity contribution in [2.24, 2.45) is 5.73 Å². The molecule has 0 spiro atoms. The third-order valence-corrected chi connectivity index (χ3v) is 5.58. The zero-order valence-corrected chi connectivity index (χ0v) is 16.5. The predicted octanol–water partition coefficient (Wildman–Crippen LogP) is 2.68. The maximum atomic E-state index is 12.8. The van der Waals surface area contributed by atoms with Gasteiger partial charge in [0.2, 0.25) is 5.91 Å². The van der Waals surface area contributed by atoms with Crippen molar-refractivity contribution >= 4 is 34.1 Å². The summed E-state index contributed by atoms with van der Waals surface area (Å²) < 4.78 is 0. The summed E-state index contributed by atoms with van der Waals surface area (Å²) in [7, 11) is 0. The third kappa shape index (κ3) is 4.11. The Morgan fingerprint density at radius 3 is 2.66 bits per heavy atom. The van der Waals surface area contributed by atoms with E-state index in [-0.39, 0.29) is 17.5 Å². The second-order valence-electron chi connectivity index (χ2n) is 7.21. The number of halogens is 1. The summed E-state index contributed by atoms with van der Waals surface area (Å²) in [5, 5.41) is 4.65. The highest BCUT2D eigenvalue weighted by Gasteiger charge is 2.27. The van der Waals surface area contributed by atoms with Gasteiger partial charge >= 0.3 is 0 Å². The number of nitrogens with zero attached hydrogens (tertiary/aromatic N) is 2. The van der Waals surface area contributed by atoms with Crippen molar-refractivity contribution in [2.75, 3.05) is 18.4 Å². The molecule has 7 nitrogen and oxygen atoms in total. The lowest BCUT2D eigenvalue weighted by Crippen LogP contribution is -2.45. The number of amides is 1. The number of carbonyl (C=O) groups is 1. The van der Waals surface area contributed by atoms with Crippen molar-refractivity contribution in [3.8, 4) is 0 Å². The molecule has 29 heavy (non-hydrogen) atoms. The lowest BCUT2D eigenvalue weighted by atomic mass is 10.0. The molecule has 1 amide bonds. The minimum absolute atomic E-state index is 0.0795. The summed E-state index contributed by atoms with van der Waals surface area (Å²) in [6.07, 6.45) is 2.99. The summed E-state index contributed by atoms with van der Waals surface area (Å²) in [5.74, 6) is -0.0795. The fourth-order valence-electron chi connectivity index (χ4n) is 3.69. The number of fused-ring (bicyclic) bond motifs is 1. The molecule has 1 fully saturated rings. The summed E-state index contributed by atoms with van der Waals surface area (Å²) in [4.78, 5) is 33.4. The van der Waals surface area contributed by atoms with Crippen LogP contribution in [0.2, 0.25) is 5.02 Å². The van der Waals surface area contributed by atoms with E-state index in [1.54, 1.807) is 30.3 Å². The lowest BCUT2D eigenvalue weighted by Gasteiger charge is -2.34. The van der Waals surface area contributed by atoms with E-state index in [9.17, 15) is 9.59 Å². The van der Waals surface area contributed by atoms with Crippen LogP contribution in [0, 0.1) is 0 Å². The van der Waals surface area contributed by atoms with Crippen LogP contribution in [-0.4, -0.2) is 39.9 Å². The highest BCUT2D eigenvalue weighted by molar-refractivity contribution is 6.30. The molecule has 0 radical (unpaired) electrons. The first-order valence-corrected chi connectivity index (χ1v) is 9.93. The van der Waals surface area contributed by atoms with Crippen LogP contribution in [0.15, 0.2) is 53.6 Å². The van der Waals surface area contributed by atoms with Gasteiger partial charge in [0.15, 0.2) is 0 Å². The molecule has 2 heterocycles. The first-order valence-electron chi connectivity index (χ1n) is 9.56. The van der Waals surface area contributed by atoms with Gasteiger partial charge in [-0.15, -0.1) is 0 Å². The van der Waals surface area contributed by atoms with Gasteiger partial charge < -0.3 is 20.9 Å². The Balaban J connectivity index is 1.40. The van der Waals surface area contributed by atoms with Crippen molar-refractivity contribution in [1.29, 1.82) is 0 Å². The molecule has 4 N–H and O–H groups in total. The van der Waals surface area contributed by atoms with E-state index < -0.39 is 6.04 Å². The molecule has 0 aliphatic carbocycles. The molecule has 150 valence electrons. The number of para-hydroxylation sites is 1. The molecule has 8 heteroatoms. The van der Waals surface area contributed by atoms with Gasteiger partial charge in [-0.1, -0.05) is 29.8 Å². The number of piperidine rings is 1. The Hall–Kier alpha value is -2.90. The van der Waals surface area contributed by atoms with E-state index in [1.165, 1.54) is 6.33 Å². The van der Waals surface area contributed by atoms with E-state index in [0.29, 0.717) is 29.0 Å². The molecule has 0 bridgehead atoms. The van der Waals surface area contributed by atoms with Crippen LogP contribution < -0.4 is 16.6 Å². The normalized spacial score (nSPS) is 16.0. The maximum absolute atomic E-state index is 12.8. The van der Waals surface area contributed by atoms with E-state index in [1.807, 2.05) is 17.0 Å². The summed E-state index contributed by atoms with van der Waals surface area (Å²) in [6, 6.07) is 12.1. The minimum atomic E-state index is -0.689. The predicted molar refractivity (Wildman–Crippen MR) is 114 cm³/mol. The van der Waals surface area contributed by atoms with Crippen LogP contribution in [0.5, 0.6) is 0 Å². The number of aromatic nitrogens is 2. The first-order chi connectivity index (χ1) is 14.0. The largest absolute Gasteiger partial charge is 0.380 e. The summed E-state index contributed by atoms with van der Waals surface area (Å²) in [5.41, 5.74) is 8.24. The minimum Gasteiger partial charge on any atom is -0.380 e. The molecule has 1 atom stereocenters. The monoisotopic (exact) mass is 411 g/mol. The van der Waals surface area contributed by atoms with Crippen molar-refractivity contribution in [1.82, 2.24) is 14.9 Å². The Labute approximate surface area is 172 Å². The maximum Gasteiger partial charge on any atom is 0.258 e. The van der Waals surface area contributed by atoms with Gasteiger partial charge in [-0.2, -0.15) is 0 Å². The van der Waals surface area contributed by atoms with Crippen LogP contribution in [0.3, 0.4) is 0 Å². The Morgan fingerprint density at radius 1 is 1.21 bits per heavy atom. The molecule has 1 unspecified atom stereocenters. The first kappa shape index (κ1) is 19.4. The van der Waals surface area contributed by atoms with Crippen molar-refractivity contribution in [3.05, 3.63) is 69.7 Å². The van der Waals surface area contributed by atoms with Gasteiger partial charge in [0.25, 0.3) is 5.56 Å². The second-order valence-corrected chi connectivity index (χ2v) is 7.64. The van der Waals surface area contributed by atoms with Crippen LogP contribution in [0.25, 0.3) is 10.9 Å². The SMILES string of the molecule is NC(C(=O)N1CCC(Nc2cccc3c(=O)[nH]cnc23)CC1)c1ccc(Cl)cc1. The fourth-order valence-corrected chi connectivity index (χ4v) is 3.82. The Bertz CT molecular complexity index is 1070. The molecule has 1 aromatic heterocycles. The average molecular weight is 412 g/mol. The standard InChI is InChI=1S/C21H22ClN5O2/c22-14-6-4-13(5-7-14)18(23)21(29)27-10-8-15(9-11-27)26-17-3-1-2-16-19(17)24-12-25-20(16)28/h1-7,12,15,18,26H,8-11,23H2,(H,24,25,28). The average Bonchev–Trinajstić information content (AvgIpc) is 2.75. The number of carbonyl (C=O) groups excluding carboxylic acids is 1. The second kappa shape index (κ2) is 8.23. The van der Waals surface area contributed by atoms with Crippen LogP contribution in [-0.2, 0) is 4.79 Å². The quantitative estimate of drug-likeness (QED) is 0.612. The fraction of sp³-hybridized carbons (Fsp3) is 0.286. The highest BCUT2D eigenvalue weighted by atomic mass is 35.5. The molecular weight excluding hydrogens is 390 g/mol. The number of aromatic amines is 1. The number of benzene rings is 2. The van der Waals surface area contributed by atoms with Crippen LogP contribution in [0.1, 0.15) is 24.4 Å². The van der Waals surface area contributed by atoms with E-state index in [4.69, 9.17) is 17.3 Å². The van der Waals surface area contributed by atoms with Crippen molar-refractivity contribution in [3.63, 3.8) is 0 Å². The Kier molecular flexibility index (Phi) is 5.51. The topological polar surface area (TPSA) is 104 Å². The van der Waals surface area contributed by atoms with Crippen LogP contribution >= 0.6 is 11.6 Å². The number of rotatable bonds is 4. The number of anilines is 1. The Morgan fingerprint density at radius 2 is 1.93 bits per heavy atom. The molecule has 4 rings (SSSR count). The number of H-pyrrole nitrogens is 1. The smallest absolute Gasteiger partial charge is 0.258 e. The van der Waals surface area contributed by atoms with E-state index in [0.717, 1.165) is 24.1 Å². The summed E-state index contributed by atoms with van der Waals surface area (Å²) >= 11 is 5.91. The van der Waals surface area contributed by atoms with Crippen LogP contribution in [0.4, 0.5) is 5.69 Å². The number of hydrogen-bond donors (Lipinski definition) is 3. The van der Waals surface area contributed by atoms with Gasteiger partial charge in [-0.05, 0) is 42.7 Å². The number of nitrogens with two attached hydrogens (primary N) is 1. The van der Waals surface area contributed by atoms with Gasteiger partial charge in [-0.25, -0.2) is 4.98 Å². The third-order valence-electron chi connectivity index (χ3n) is 5.33. The molecule has 3 aromatic rings. The van der Waals surface area contributed by atoms with Crippen molar-refractivity contribution in [2.45, 2.75) is 24.9 Å². The molecular formula is C21H22ClN5O2. The molecule has 0 saturated carbocycles. The van der Waals surface area contributed by atoms with Gasteiger partial charge in [0.05, 0.1) is 17.4 Å². The highest BCUT2D eigenvalue weighted by Crippen LogP contribution is 2.24. The molecule has 1 aliphatic heterocycles. The van der Waals surface area contributed by atoms with Gasteiger partial charge in [0, 0.05) is 24.2 Å². The van der Waals surface area contributed by atoms with E-state index >= 15 is 0 Å². The number of hydrogen-bond acceptors (Lipinski definition) is 5. The lowest BCUT2D eigenvalue weighted by molar-refractivity contribution is -0.133.